The first-order valence-corrected chi connectivity index (χ1v) is 8.33. The summed E-state index contributed by atoms with van der Waals surface area (Å²) >= 11 is 0. The van der Waals surface area contributed by atoms with Gasteiger partial charge in [-0.05, 0) is 56.5 Å². The minimum Gasteiger partial charge on any atom is -0.491 e. The number of amides is 1. The van der Waals surface area contributed by atoms with Crippen LogP contribution in [0, 0.1) is 0 Å². The van der Waals surface area contributed by atoms with Gasteiger partial charge in [-0.3, -0.25) is 4.79 Å². The lowest BCUT2D eigenvalue weighted by Crippen LogP contribution is -2.29. The highest BCUT2D eigenvalue weighted by Gasteiger charge is 2.02. The molecule has 0 atom stereocenters. The molecule has 2 aromatic rings. The molecule has 2 aromatic carbocycles. The molecule has 0 aliphatic heterocycles. The van der Waals surface area contributed by atoms with Gasteiger partial charge in [0.05, 0.1) is 6.10 Å². The number of hydrogen-bond donors (Lipinski definition) is 1. The fraction of sp³-hybridized carbons (Fsp3) is 0.350. The molecule has 1 amide bonds. The molecule has 4 heteroatoms. The predicted octanol–water partition coefficient (Wildman–Crippen LogP) is 3.60. The Morgan fingerprint density at radius 3 is 2.38 bits per heavy atom. The van der Waals surface area contributed by atoms with E-state index in [-0.39, 0.29) is 18.6 Å². The van der Waals surface area contributed by atoms with E-state index in [4.69, 9.17) is 9.47 Å². The number of carbonyl (C=O) groups excluding carboxylic acids is 1. The summed E-state index contributed by atoms with van der Waals surface area (Å²) in [5.41, 5.74) is 1.24. The number of aryl methyl sites for hydroxylation is 1. The fourth-order valence-corrected chi connectivity index (χ4v) is 2.24. The van der Waals surface area contributed by atoms with E-state index in [9.17, 15) is 4.79 Å². The summed E-state index contributed by atoms with van der Waals surface area (Å²) in [5, 5.41) is 2.87. The largest absolute Gasteiger partial charge is 0.491 e. The zero-order chi connectivity index (χ0) is 17.2. The maximum Gasteiger partial charge on any atom is 0.257 e. The van der Waals surface area contributed by atoms with Gasteiger partial charge in [0.25, 0.3) is 5.91 Å². The topological polar surface area (TPSA) is 47.6 Å². The first kappa shape index (κ1) is 17.9. The van der Waals surface area contributed by atoms with Crippen molar-refractivity contribution in [3.63, 3.8) is 0 Å². The number of carbonyl (C=O) groups is 1. The molecule has 0 aliphatic carbocycles. The second-order valence-corrected chi connectivity index (χ2v) is 5.87. The van der Waals surface area contributed by atoms with Crippen molar-refractivity contribution in [3.05, 3.63) is 60.2 Å². The Labute approximate surface area is 143 Å². The molecule has 2 rings (SSSR count). The first-order chi connectivity index (χ1) is 11.6. The molecule has 0 heterocycles. The maximum absolute atomic E-state index is 11.7. The summed E-state index contributed by atoms with van der Waals surface area (Å²) in [4.78, 5) is 11.7. The van der Waals surface area contributed by atoms with E-state index in [0.717, 1.165) is 18.6 Å². The molecule has 0 saturated carbocycles. The fourth-order valence-electron chi connectivity index (χ4n) is 2.24. The van der Waals surface area contributed by atoms with Gasteiger partial charge in [-0.25, -0.2) is 0 Å². The van der Waals surface area contributed by atoms with Crippen LogP contribution in [0.4, 0.5) is 0 Å². The van der Waals surface area contributed by atoms with Crippen molar-refractivity contribution < 1.29 is 14.3 Å². The van der Waals surface area contributed by atoms with E-state index in [2.05, 4.69) is 17.4 Å². The molecule has 24 heavy (non-hydrogen) atoms. The van der Waals surface area contributed by atoms with Gasteiger partial charge in [0.2, 0.25) is 0 Å². The normalized spacial score (nSPS) is 10.5. The van der Waals surface area contributed by atoms with Crippen molar-refractivity contribution in [3.8, 4) is 11.5 Å². The van der Waals surface area contributed by atoms with Gasteiger partial charge < -0.3 is 14.8 Å². The van der Waals surface area contributed by atoms with Gasteiger partial charge in [0, 0.05) is 6.54 Å². The lowest BCUT2D eigenvalue weighted by Gasteiger charge is -2.10. The molecular formula is C20H25NO3. The third kappa shape index (κ3) is 6.73. The van der Waals surface area contributed by atoms with E-state index in [1.807, 2.05) is 56.3 Å². The Hall–Kier alpha value is -2.49. The Kier molecular flexibility index (Phi) is 7.15. The highest BCUT2D eigenvalue weighted by molar-refractivity contribution is 5.77. The van der Waals surface area contributed by atoms with Crippen LogP contribution < -0.4 is 14.8 Å². The van der Waals surface area contributed by atoms with Crippen LogP contribution in [0.5, 0.6) is 11.5 Å². The van der Waals surface area contributed by atoms with E-state index in [1.165, 1.54) is 5.56 Å². The predicted molar refractivity (Wildman–Crippen MR) is 95.5 cm³/mol. The molecule has 4 nitrogen and oxygen atoms in total. The number of nitrogens with one attached hydrogen (secondary N) is 1. The van der Waals surface area contributed by atoms with E-state index in [0.29, 0.717) is 12.3 Å². The Bertz CT molecular complexity index is 609. The number of ether oxygens (including phenoxy) is 2. The summed E-state index contributed by atoms with van der Waals surface area (Å²) in [7, 11) is 0. The van der Waals surface area contributed by atoms with Crippen LogP contribution in [-0.2, 0) is 11.2 Å². The van der Waals surface area contributed by atoms with E-state index >= 15 is 0 Å². The minimum atomic E-state index is -0.0977. The van der Waals surface area contributed by atoms with Crippen LogP contribution in [0.15, 0.2) is 54.6 Å². The van der Waals surface area contributed by atoms with Gasteiger partial charge in [-0.15, -0.1) is 0 Å². The lowest BCUT2D eigenvalue weighted by molar-refractivity contribution is -0.123. The summed E-state index contributed by atoms with van der Waals surface area (Å²) in [6.07, 6.45) is 1.99. The number of benzene rings is 2. The number of rotatable bonds is 9. The summed E-state index contributed by atoms with van der Waals surface area (Å²) in [6, 6.07) is 17.4. The van der Waals surface area contributed by atoms with Crippen LogP contribution in [0.25, 0.3) is 0 Å². The van der Waals surface area contributed by atoms with Crippen LogP contribution in [-0.4, -0.2) is 25.2 Å². The molecular weight excluding hydrogens is 302 g/mol. The molecule has 0 saturated heterocycles. The van der Waals surface area contributed by atoms with Gasteiger partial charge >= 0.3 is 0 Å². The van der Waals surface area contributed by atoms with Gasteiger partial charge in [0.1, 0.15) is 11.5 Å². The standard InChI is InChI=1S/C20H25NO3/c1-16(2)24-19-12-10-17(11-13-19)7-6-14-21-20(22)15-23-18-8-4-3-5-9-18/h3-5,8-13,16H,6-7,14-15H2,1-2H3,(H,21,22). The van der Waals surface area contributed by atoms with E-state index in [1.54, 1.807) is 0 Å². The zero-order valence-corrected chi connectivity index (χ0v) is 14.3. The summed E-state index contributed by atoms with van der Waals surface area (Å²) < 4.78 is 11.0. The SMILES string of the molecule is CC(C)Oc1ccc(CCCNC(=O)COc2ccccc2)cc1. The minimum absolute atomic E-state index is 0.0469. The third-order valence-electron chi connectivity index (χ3n) is 3.37. The molecule has 0 aromatic heterocycles. The highest BCUT2D eigenvalue weighted by Crippen LogP contribution is 2.14. The average molecular weight is 327 g/mol. The van der Waals surface area contributed by atoms with Gasteiger partial charge in [-0.1, -0.05) is 30.3 Å². The van der Waals surface area contributed by atoms with Crippen LogP contribution in [0.1, 0.15) is 25.8 Å². The molecule has 1 N–H and O–H groups in total. The van der Waals surface area contributed by atoms with Crippen molar-refractivity contribution >= 4 is 5.91 Å². The summed E-state index contributed by atoms with van der Waals surface area (Å²) in [5.74, 6) is 1.50. The van der Waals surface area contributed by atoms with Crippen LogP contribution >= 0.6 is 0 Å². The Morgan fingerprint density at radius 1 is 1.00 bits per heavy atom. The van der Waals surface area contributed by atoms with Crippen molar-refractivity contribution in [2.75, 3.05) is 13.2 Å². The lowest BCUT2D eigenvalue weighted by atomic mass is 10.1. The third-order valence-corrected chi connectivity index (χ3v) is 3.37. The Balaban J connectivity index is 1.61. The maximum atomic E-state index is 11.7. The average Bonchev–Trinajstić information content (AvgIpc) is 2.59. The smallest absolute Gasteiger partial charge is 0.257 e. The van der Waals surface area contributed by atoms with E-state index < -0.39 is 0 Å². The summed E-state index contributed by atoms with van der Waals surface area (Å²) in [6.45, 7) is 4.71. The van der Waals surface area contributed by atoms with Crippen molar-refractivity contribution in [1.29, 1.82) is 0 Å². The Morgan fingerprint density at radius 2 is 1.71 bits per heavy atom. The van der Waals surface area contributed by atoms with Gasteiger partial charge in [-0.2, -0.15) is 0 Å². The molecule has 0 fully saturated rings. The van der Waals surface area contributed by atoms with Crippen molar-refractivity contribution in [1.82, 2.24) is 5.32 Å². The molecule has 0 unspecified atom stereocenters. The highest BCUT2D eigenvalue weighted by atomic mass is 16.5. The quantitative estimate of drug-likeness (QED) is 0.716. The zero-order valence-electron chi connectivity index (χ0n) is 14.3. The second kappa shape index (κ2) is 9.60. The number of hydrogen-bond acceptors (Lipinski definition) is 3. The molecule has 0 bridgehead atoms. The first-order valence-electron chi connectivity index (χ1n) is 8.33. The van der Waals surface area contributed by atoms with Crippen molar-refractivity contribution in [2.24, 2.45) is 0 Å². The molecule has 128 valence electrons. The monoisotopic (exact) mass is 327 g/mol. The van der Waals surface area contributed by atoms with Crippen molar-refractivity contribution in [2.45, 2.75) is 32.8 Å². The molecule has 0 radical (unpaired) electrons. The molecule has 0 aliphatic rings. The van der Waals surface area contributed by atoms with Crippen LogP contribution in [0.3, 0.4) is 0 Å². The molecule has 0 spiro atoms. The van der Waals surface area contributed by atoms with Crippen LogP contribution in [0.2, 0.25) is 0 Å². The van der Waals surface area contributed by atoms with Gasteiger partial charge in [0.15, 0.2) is 6.61 Å². The second-order valence-electron chi connectivity index (χ2n) is 5.87. The number of para-hydroxylation sites is 1.